The normalized spacial score (nSPS) is 32.0. The Kier molecular flexibility index (Phi) is 9.17. The zero-order valence-corrected chi connectivity index (χ0v) is 29.1. The van der Waals surface area contributed by atoms with Crippen LogP contribution in [-0.2, 0) is 30.5 Å². The molecule has 1 aromatic heterocycles. The summed E-state index contributed by atoms with van der Waals surface area (Å²) in [5.41, 5.74) is 2.03. The number of aromatic nitrogens is 1. The van der Waals surface area contributed by atoms with Crippen molar-refractivity contribution in [2.45, 2.75) is 101 Å². The average Bonchev–Trinajstić information content (AvgIpc) is 3.13. The minimum Gasteiger partial charge on any atom is -0.496 e. The Morgan fingerprint density at radius 1 is 0.980 bits per heavy atom. The molecule has 1 saturated heterocycles. The maximum absolute atomic E-state index is 13.2. The van der Waals surface area contributed by atoms with Crippen LogP contribution in [0.5, 0.6) is 5.75 Å². The molecule has 9 rings (SSSR count). The number of benzene rings is 2. The number of carbonyl (C=O) groups is 1. The number of fused-ring (bicyclic) bond motifs is 1. The van der Waals surface area contributed by atoms with E-state index in [2.05, 4.69) is 22.5 Å². The van der Waals surface area contributed by atoms with E-state index in [0.717, 1.165) is 73.6 Å². The molecular weight excluding hydrogens is 663 g/mol. The van der Waals surface area contributed by atoms with Gasteiger partial charge in [0.25, 0.3) is 0 Å². The van der Waals surface area contributed by atoms with E-state index in [4.69, 9.17) is 24.3 Å². The predicted octanol–water partition coefficient (Wildman–Crippen LogP) is 8.57. The molecule has 2 N–H and O–H groups in total. The zero-order chi connectivity index (χ0) is 35.4. The van der Waals surface area contributed by atoms with Crippen LogP contribution in [0.3, 0.4) is 0 Å². The van der Waals surface area contributed by atoms with E-state index in [1.54, 1.807) is 19.4 Å². The number of alkyl halides is 3. The Hall–Kier alpha value is -3.45. The van der Waals surface area contributed by atoms with Crippen LogP contribution in [0.1, 0.15) is 83.1 Å². The Labute approximate surface area is 295 Å². The maximum Gasteiger partial charge on any atom is 0.416 e. The molecule has 1 unspecified atom stereocenters. The quantitative estimate of drug-likeness (QED) is 0.168. The van der Waals surface area contributed by atoms with Gasteiger partial charge in [-0.15, -0.1) is 0 Å². The number of ether oxygens (including phenoxy) is 1. The summed E-state index contributed by atoms with van der Waals surface area (Å²) in [7, 11) is 1.54. The molecular formula is C39H46F3N3O6. The van der Waals surface area contributed by atoms with Crippen LogP contribution in [-0.4, -0.2) is 42.2 Å². The molecule has 2 heterocycles. The zero-order valence-electron chi connectivity index (χ0n) is 29.1. The summed E-state index contributed by atoms with van der Waals surface area (Å²) < 4.78 is 45.3. The standard InChI is InChI=1S/C39H46F3N3O6/c1-23(45-32-22-33(47-2)34(31-6-4-15-43-35(31)32)26-7-9-28(10-8-26)39(40,41)42)5-3-16-44-36(46)27-11-13-37(14-12-27)48-50-38(51-49-37)29-18-24-17-25(20-29)21-30(38)19-24/h4,6-10,15,22-25,27,29-30,45H,3,5,11-14,16-21H2,1-2H3,(H,44,46). The predicted molar refractivity (Wildman–Crippen MR) is 183 cm³/mol. The maximum atomic E-state index is 13.2. The second-order valence-electron chi connectivity index (χ2n) is 15.5. The molecule has 5 saturated carbocycles. The van der Waals surface area contributed by atoms with Crippen molar-refractivity contribution in [2.24, 2.45) is 29.6 Å². The fourth-order valence-electron chi connectivity index (χ4n) is 9.63. The first-order valence-electron chi connectivity index (χ1n) is 18.5. The highest BCUT2D eigenvalue weighted by atomic mass is 19.4. The Bertz CT molecular complexity index is 1700. The van der Waals surface area contributed by atoms with Gasteiger partial charge in [0.05, 0.1) is 23.9 Å². The van der Waals surface area contributed by atoms with E-state index >= 15 is 0 Å². The minimum atomic E-state index is -4.42. The van der Waals surface area contributed by atoms with Gasteiger partial charge in [-0.25, -0.2) is 0 Å². The second-order valence-corrected chi connectivity index (χ2v) is 15.5. The van der Waals surface area contributed by atoms with Gasteiger partial charge in [0.15, 0.2) is 0 Å². The summed E-state index contributed by atoms with van der Waals surface area (Å²) in [6.07, 6.45) is 6.97. The van der Waals surface area contributed by atoms with E-state index in [-0.39, 0.29) is 17.9 Å². The van der Waals surface area contributed by atoms with Crippen LogP contribution in [0, 0.1) is 29.6 Å². The monoisotopic (exact) mass is 709 g/mol. The highest BCUT2D eigenvalue weighted by Crippen LogP contribution is 2.62. The molecule has 9 nitrogen and oxygen atoms in total. The number of methoxy groups -OCH3 is 1. The molecule has 6 fully saturated rings. The first kappa shape index (κ1) is 34.6. The average molecular weight is 710 g/mol. The lowest BCUT2D eigenvalue weighted by atomic mass is 9.53. The molecule has 0 radical (unpaired) electrons. The van der Waals surface area contributed by atoms with E-state index in [1.165, 1.54) is 18.6 Å². The minimum absolute atomic E-state index is 0.0411. The number of nitrogens with zero attached hydrogens (tertiary/aromatic N) is 1. The van der Waals surface area contributed by atoms with Crippen molar-refractivity contribution in [3.8, 4) is 16.9 Å². The van der Waals surface area contributed by atoms with Crippen molar-refractivity contribution in [3.63, 3.8) is 0 Å². The van der Waals surface area contributed by atoms with Crippen molar-refractivity contribution in [2.75, 3.05) is 19.0 Å². The van der Waals surface area contributed by atoms with Crippen LogP contribution in [0.4, 0.5) is 18.9 Å². The number of amides is 1. The number of nitrogens with one attached hydrogen (secondary N) is 2. The smallest absolute Gasteiger partial charge is 0.416 e. The van der Waals surface area contributed by atoms with Crippen LogP contribution < -0.4 is 15.4 Å². The third-order valence-electron chi connectivity index (χ3n) is 12.1. The highest BCUT2D eigenvalue weighted by Gasteiger charge is 2.64. The SMILES string of the molecule is COc1cc(NC(C)CCCNC(=O)C2CCC3(CC2)OOC2(OO3)C3CC4CC(C3)CC2C4)c2ncccc2c1-c1ccc(C(F)(F)F)cc1. The third kappa shape index (κ3) is 6.57. The Morgan fingerprint density at radius 3 is 2.27 bits per heavy atom. The number of hydrogen-bond acceptors (Lipinski definition) is 8. The number of halogens is 3. The molecule has 1 atom stereocenters. The number of pyridine rings is 1. The van der Waals surface area contributed by atoms with Gasteiger partial charge in [-0.3, -0.25) is 9.78 Å². The van der Waals surface area contributed by atoms with Gasteiger partial charge in [-0.2, -0.15) is 32.7 Å². The van der Waals surface area contributed by atoms with E-state index in [9.17, 15) is 18.0 Å². The van der Waals surface area contributed by atoms with Crippen molar-refractivity contribution in [3.05, 3.63) is 54.2 Å². The van der Waals surface area contributed by atoms with Gasteiger partial charge >= 0.3 is 6.18 Å². The number of rotatable bonds is 9. The molecule has 6 aliphatic rings. The number of hydrogen-bond donors (Lipinski definition) is 2. The summed E-state index contributed by atoms with van der Waals surface area (Å²) in [4.78, 5) is 42.1. The molecule has 3 aromatic rings. The van der Waals surface area contributed by atoms with Gasteiger partial charge in [0, 0.05) is 66.4 Å². The molecule has 4 bridgehead atoms. The first-order valence-corrected chi connectivity index (χ1v) is 18.5. The molecule has 12 heteroatoms. The van der Waals surface area contributed by atoms with Gasteiger partial charge in [0.1, 0.15) is 5.75 Å². The van der Waals surface area contributed by atoms with Crippen molar-refractivity contribution < 1.29 is 42.3 Å². The van der Waals surface area contributed by atoms with Gasteiger partial charge in [-0.05, 0) is 100 Å². The van der Waals surface area contributed by atoms with Crippen LogP contribution in [0.2, 0.25) is 0 Å². The van der Waals surface area contributed by atoms with Crippen LogP contribution in [0.25, 0.3) is 22.0 Å². The summed E-state index contributed by atoms with van der Waals surface area (Å²) in [5.74, 6) is 0.935. The lowest BCUT2D eigenvalue weighted by Gasteiger charge is -2.60. The van der Waals surface area contributed by atoms with Gasteiger partial charge in [-0.1, -0.05) is 18.2 Å². The Balaban J connectivity index is 0.818. The topological polar surface area (TPSA) is 100 Å². The fourth-order valence-corrected chi connectivity index (χ4v) is 9.63. The van der Waals surface area contributed by atoms with Crippen molar-refractivity contribution >= 4 is 22.5 Å². The molecule has 2 aromatic carbocycles. The van der Waals surface area contributed by atoms with Crippen LogP contribution in [0.15, 0.2) is 48.7 Å². The summed E-state index contributed by atoms with van der Waals surface area (Å²) in [6, 6.07) is 10.6. The van der Waals surface area contributed by atoms with Gasteiger partial charge in [0.2, 0.25) is 17.5 Å². The third-order valence-corrected chi connectivity index (χ3v) is 12.1. The summed E-state index contributed by atoms with van der Waals surface area (Å²) >= 11 is 0. The molecule has 1 amide bonds. The second kappa shape index (κ2) is 13.5. The largest absolute Gasteiger partial charge is 0.496 e. The first-order chi connectivity index (χ1) is 24.6. The lowest BCUT2D eigenvalue weighted by Crippen LogP contribution is -2.64. The lowest BCUT2D eigenvalue weighted by molar-refractivity contribution is -0.680. The van der Waals surface area contributed by atoms with Crippen LogP contribution >= 0.6 is 0 Å². The molecule has 5 aliphatic carbocycles. The fraction of sp³-hybridized carbons (Fsp3) is 0.590. The summed E-state index contributed by atoms with van der Waals surface area (Å²) in [6.45, 7) is 2.61. The van der Waals surface area contributed by atoms with Crippen molar-refractivity contribution in [1.82, 2.24) is 10.3 Å². The van der Waals surface area contributed by atoms with Crippen molar-refractivity contribution in [1.29, 1.82) is 0 Å². The molecule has 1 aliphatic heterocycles. The van der Waals surface area contributed by atoms with Gasteiger partial charge < -0.3 is 15.4 Å². The molecule has 274 valence electrons. The van der Waals surface area contributed by atoms with E-state index in [1.807, 2.05) is 12.1 Å². The molecule has 51 heavy (non-hydrogen) atoms. The van der Waals surface area contributed by atoms with E-state index in [0.29, 0.717) is 66.5 Å². The number of anilines is 1. The number of carbonyl (C=O) groups excluding carboxylic acids is 1. The highest BCUT2D eigenvalue weighted by molar-refractivity contribution is 6.04. The summed E-state index contributed by atoms with van der Waals surface area (Å²) in [5, 5.41) is 7.42. The Morgan fingerprint density at radius 2 is 1.65 bits per heavy atom. The van der Waals surface area contributed by atoms with E-state index < -0.39 is 23.3 Å². The molecule has 2 spiro atoms.